The molecule has 0 radical (unpaired) electrons. The molecule has 0 bridgehead atoms. The molecule has 174 valence electrons. The van der Waals surface area contributed by atoms with Crippen molar-refractivity contribution in [2.45, 2.75) is 17.9 Å². The number of ether oxygens (including phenoxy) is 2. The van der Waals surface area contributed by atoms with Crippen molar-refractivity contribution in [2.75, 3.05) is 18.4 Å². The van der Waals surface area contributed by atoms with E-state index in [1.54, 1.807) is 12.1 Å². The standard InChI is InChI=1S/C23H22BrClN2O5S/c1-15(16-3-5-17(24)6-4-16)26-23(28)14-32-19-8-10-20(11-9-19)33(29,30)27-18-7-12-22(31-2)21(25)13-18/h3-13,15,27H,14H2,1-2H3,(H,26,28). The summed E-state index contributed by atoms with van der Waals surface area (Å²) >= 11 is 9.43. The Bertz CT molecular complexity index is 1220. The molecule has 1 amide bonds. The van der Waals surface area contributed by atoms with Crippen LogP contribution in [-0.4, -0.2) is 28.0 Å². The summed E-state index contributed by atoms with van der Waals surface area (Å²) in [6, 6.07) is 17.8. The van der Waals surface area contributed by atoms with Crippen LogP contribution >= 0.6 is 27.5 Å². The fourth-order valence-electron chi connectivity index (χ4n) is 2.93. The molecule has 0 aromatic heterocycles. The van der Waals surface area contributed by atoms with E-state index in [1.165, 1.54) is 37.4 Å². The first-order valence-corrected chi connectivity index (χ1v) is 12.5. The fourth-order valence-corrected chi connectivity index (χ4v) is 4.50. The first-order chi connectivity index (χ1) is 15.7. The van der Waals surface area contributed by atoms with E-state index < -0.39 is 10.0 Å². The van der Waals surface area contributed by atoms with Crippen LogP contribution in [0.5, 0.6) is 11.5 Å². The summed E-state index contributed by atoms with van der Waals surface area (Å²) in [5.41, 5.74) is 1.27. The van der Waals surface area contributed by atoms with Crippen molar-refractivity contribution in [1.29, 1.82) is 0 Å². The van der Waals surface area contributed by atoms with Gasteiger partial charge in [-0.3, -0.25) is 9.52 Å². The van der Waals surface area contributed by atoms with Gasteiger partial charge in [0.1, 0.15) is 11.5 Å². The molecule has 3 aromatic rings. The number of carbonyl (C=O) groups excluding carboxylic acids is 1. The Morgan fingerprint density at radius 2 is 1.73 bits per heavy atom. The molecule has 0 spiro atoms. The average molecular weight is 554 g/mol. The van der Waals surface area contributed by atoms with Crippen LogP contribution in [0.4, 0.5) is 5.69 Å². The number of benzene rings is 3. The first-order valence-electron chi connectivity index (χ1n) is 9.82. The van der Waals surface area contributed by atoms with E-state index in [0.717, 1.165) is 10.0 Å². The van der Waals surface area contributed by atoms with Crippen molar-refractivity contribution in [3.05, 3.63) is 81.8 Å². The molecule has 0 fully saturated rings. The summed E-state index contributed by atoms with van der Waals surface area (Å²) in [5, 5.41) is 3.14. The quantitative estimate of drug-likeness (QED) is 0.381. The van der Waals surface area contributed by atoms with Crippen molar-refractivity contribution < 1.29 is 22.7 Å². The van der Waals surface area contributed by atoms with E-state index in [4.69, 9.17) is 21.1 Å². The van der Waals surface area contributed by atoms with Gasteiger partial charge in [0, 0.05) is 4.47 Å². The summed E-state index contributed by atoms with van der Waals surface area (Å²) in [5.74, 6) is 0.518. The highest BCUT2D eigenvalue weighted by atomic mass is 79.9. The van der Waals surface area contributed by atoms with Gasteiger partial charge in [0.05, 0.1) is 28.8 Å². The third-order valence-electron chi connectivity index (χ3n) is 4.66. The van der Waals surface area contributed by atoms with Crippen molar-refractivity contribution in [3.8, 4) is 11.5 Å². The highest BCUT2D eigenvalue weighted by Gasteiger charge is 2.16. The summed E-state index contributed by atoms with van der Waals surface area (Å²) in [6.07, 6.45) is 0. The summed E-state index contributed by atoms with van der Waals surface area (Å²) in [7, 11) is -2.36. The normalized spacial score (nSPS) is 12.0. The third kappa shape index (κ3) is 6.86. The van der Waals surface area contributed by atoms with E-state index in [-0.39, 0.29) is 28.5 Å². The number of halogens is 2. The maximum atomic E-state index is 12.6. The predicted molar refractivity (Wildman–Crippen MR) is 131 cm³/mol. The number of nitrogens with one attached hydrogen (secondary N) is 2. The smallest absolute Gasteiger partial charge is 0.261 e. The number of hydrogen-bond acceptors (Lipinski definition) is 5. The van der Waals surface area contributed by atoms with Gasteiger partial charge in [-0.15, -0.1) is 0 Å². The summed E-state index contributed by atoms with van der Waals surface area (Å²) < 4.78 is 39.2. The number of rotatable bonds is 9. The molecule has 7 nitrogen and oxygen atoms in total. The lowest BCUT2D eigenvalue weighted by atomic mass is 10.1. The van der Waals surface area contributed by atoms with Gasteiger partial charge in [-0.05, 0) is 67.1 Å². The molecular formula is C23H22BrClN2O5S. The van der Waals surface area contributed by atoms with Crippen molar-refractivity contribution in [1.82, 2.24) is 5.32 Å². The molecule has 0 heterocycles. The zero-order chi connectivity index (χ0) is 24.0. The van der Waals surface area contributed by atoms with Crippen molar-refractivity contribution in [3.63, 3.8) is 0 Å². The predicted octanol–water partition coefficient (Wildman–Crippen LogP) is 5.17. The van der Waals surface area contributed by atoms with Crippen molar-refractivity contribution in [2.24, 2.45) is 0 Å². The zero-order valence-electron chi connectivity index (χ0n) is 17.8. The minimum atomic E-state index is -3.83. The lowest BCUT2D eigenvalue weighted by Crippen LogP contribution is -2.31. The van der Waals surface area contributed by atoms with Crippen LogP contribution in [-0.2, 0) is 14.8 Å². The molecule has 33 heavy (non-hydrogen) atoms. The van der Waals surface area contributed by atoms with Crippen LogP contribution in [0.2, 0.25) is 5.02 Å². The Kier molecular flexibility index (Phi) is 8.23. The maximum Gasteiger partial charge on any atom is 0.261 e. The van der Waals surface area contributed by atoms with Crippen LogP contribution < -0.4 is 19.5 Å². The van der Waals surface area contributed by atoms with Gasteiger partial charge < -0.3 is 14.8 Å². The number of anilines is 1. The summed E-state index contributed by atoms with van der Waals surface area (Å²) in [6.45, 7) is 1.68. The Balaban J connectivity index is 1.56. The topological polar surface area (TPSA) is 93.7 Å². The van der Waals surface area contributed by atoms with Gasteiger partial charge in [-0.25, -0.2) is 8.42 Å². The van der Waals surface area contributed by atoms with Crippen LogP contribution in [0.1, 0.15) is 18.5 Å². The van der Waals surface area contributed by atoms with Gasteiger partial charge in [0.2, 0.25) is 0 Å². The second-order valence-corrected chi connectivity index (χ2v) is 10.1. The van der Waals surface area contributed by atoms with E-state index in [1.807, 2.05) is 31.2 Å². The lowest BCUT2D eigenvalue weighted by molar-refractivity contribution is -0.123. The zero-order valence-corrected chi connectivity index (χ0v) is 21.0. The highest BCUT2D eigenvalue weighted by Crippen LogP contribution is 2.28. The van der Waals surface area contributed by atoms with Crippen LogP contribution in [0.25, 0.3) is 0 Å². The fraction of sp³-hybridized carbons (Fsp3) is 0.174. The molecule has 0 aliphatic carbocycles. The monoisotopic (exact) mass is 552 g/mol. The van der Waals surface area contributed by atoms with Gasteiger partial charge in [-0.2, -0.15) is 0 Å². The number of sulfonamides is 1. The number of carbonyl (C=O) groups is 1. The molecule has 0 aliphatic rings. The Labute approximate surface area is 206 Å². The second-order valence-electron chi connectivity index (χ2n) is 7.06. The van der Waals surface area contributed by atoms with Gasteiger partial charge in [-0.1, -0.05) is 39.7 Å². The SMILES string of the molecule is COc1ccc(NS(=O)(=O)c2ccc(OCC(=O)NC(C)c3ccc(Br)cc3)cc2)cc1Cl. The molecule has 2 N–H and O–H groups in total. The van der Waals surface area contributed by atoms with E-state index in [9.17, 15) is 13.2 Å². The average Bonchev–Trinajstić information content (AvgIpc) is 2.78. The molecule has 0 saturated carbocycles. The highest BCUT2D eigenvalue weighted by molar-refractivity contribution is 9.10. The molecule has 3 rings (SSSR count). The Morgan fingerprint density at radius 3 is 2.33 bits per heavy atom. The lowest BCUT2D eigenvalue weighted by Gasteiger charge is -2.15. The van der Waals surface area contributed by atoms with E-state index >= 15 is 0 Å². The Hall–Kier alpha value is -2.75. The van der Waals surface area contributed by atoms with E-state index in [2.05, 4.69) is 26.0 Å². The van der Waals surface area contributed by atoms with Crippen molar-refractivity contribution >= 4 is 49.1 Å². The van der Waals surface area contributed by atoms with Crippen LogP contribution in [0, 0.1) is 0 Å². The molecule has 0 saturated heterocycles. The molecule has 10 heteroatoms. The molecule has 1 unspecified atom stereocenters. The molecule has 0 aliphatic heterocycles. The largest absolute Gasteiger partial charge is 0.495 e. The Morgan fingerprint density at radius 1 is 1.06 bits per heavy atom. The van der Waals surface area contributed by atoms with Crippen LogP contribution in [0.3, 0.4) is 0 Å². The van der Waals surface area contributed by atoms with Gasteiger partial charge in [0.15, 0.2) is 6.61 Å². The molecule has 3 aromatic carbocycles. The minimum absolute atomic E-state index is 0.0371. The first kappa shape index (κ1) is 24.9. The second kappa shape index (κ2) is 10.9. The van der Waals surface area contributed by atoms with E-state index in [0.29, 0.717) is 17.2 Å². The maximum absolute atomic E-state index is 12.6. The van der Waals surface area contributed by atoms with Crippen LogP contribution in [0.15, 0.2) is 76.1 Å². The van der Waals surface area contributed by atoms with Gasteiger partial charge >= 0.3 is 0 Å². The minimum Gasteiger partial charge on any atom is -0.495 e. The van der Waals surface area contributed by atoms with Gasteiger partial charge in [0.25, 0.3) is 15.9 Å². The molecule has 1 atom stereocenters. The summed E-state index contributed by atoms with van der Waals surface area (Å²) in [4.78, 5) is 12.2. The number of amides is 1. The molecular weight excluding hydrogens is 532 g/mol. The number of hydrogen-bond donors (Lipinski definition) is 2. The number of methoxy groups -OCH3 is 1. The third-order valence-corrected chi connectivity index (χ3v) is 6.88.